The summed E-state index contributed by atoms with van der Waals surface area (Å²) in [7, 11) is 0. The standard InChI is InChI=1S/C38H40F2N4O5/c1-3-48-35(47)14-9-23-6-4-7-24(18-23)38(2)16-5-8-25(45)21-42-34(46)13-11-28-27-15-17-41-32(27)20-31(40)36(28)49-26-10-12-30(39)29(19-26)37-43-22-33(38)44-37/h4,6-7,10,12,15,17-20,22,25,41,45H,3,5,8-9,11,13-14,16,21H2,1-2H3,(H,42,46)(H,43,44). The molecular formula is C38H40F2N4O5. The van der Waals surface area contributed by atoms with Gasteiger partial charge in [-0.15, -0.1) is 0 Å². The molecule has 2 aromatic heterocycles. The highest BCUT2D eigenvalue weighted by Gasteiger charge is 2.32. The van der Waals surface area contributed by atoms with Gasteiger partial charge < -0.3 is 29.9 Å². The average molecular weight is 671 g/mol. The van der Waals surface area contributed by atoms with Gasteiger partial charge in [0.1, 0.15) is 17.4 Å². The number of benzene rings is 3. The number of ether oxygens (including phenoxy) is 2. The van der Waals surface area contributed by atoms with Crippen molar-refractivity contribution < 1.29 is 33.0 Å². The lowest BCUT2D eigenvalue weighted by molar-refractivity contribution is -0.143. The number of esters is 1. The van der Waals surface area contributed by atoms with Crippen LogP contribution in [0.25, 0.3) is 22.3 Å². The molecule has 0 fully saturated rings. The number of rotatable bonds is 5. The van der Waals surface area contributed by atoms with Crippen LogP contribution in [0.4, 0.5) is 8.78 Å². The second-order valence-corrected chi connectivity index (χ2v) is 12.7. The summed E-state index contributed by atoms with van der Waals surface area (Å²) in [5, 5.41) is 14.3. The summed E-state index contributed by atoms with van der Waals surface area (Å²) in [5.74, 6) is -1.28. The molecule has 1 amide bonds. The Morgan fingerprint density at radius 2 is 1.98 bits per heavy atom. The van der Waals surface area contributed by atoms with E-state index in [4.69, 9.17) is 9.47 Å². The van der Waals surface area contributed by atoms with Gasteiger partial charge >= 0.3 is 5.97 Å². The molecule has 1 aliphatic heterocycles. The fourth-order valence-electron chi connectivity index (χ4n) is 6.52. The Balaban J connectivity index is 1.39. The molecule has 5 aromatic rings. The van der Waals surface area contributed by atoms with Crippen molar-refractivity contribution in [1.29, 1.82) is 0 Å². The number of aliphatic hydroxyl groups is 1. The minimum Gasteiger partial charge on any atom is -0.466 e. The molecule has 49 heavy (non-hydrogen) atoms. The number of nitrogens with one attached hydrogen (secondary N) is 3. The molecule has 11 heteroatoms. The van der Waals surface area contributed by atoms with Crippen LogP contribution in [-0.4, -0.2) is 51.2 Å². The summed E-state index contributed by atoms with van der Waals surface area (Å²) in [6, 6.07) is 15.2. The SMILES string of the molecule is CCOC(=O)CCc1cccc(C2(C)CCCC(O)CNC(=O)CCc3c(c(F)cc4[nH]ccc34)Oc3ccc(F)c(c3)-c3ncc2[nH]3)c1. The topological polar surface area (TPSA) is 129 Å². The number of aryl methyl sites for hydroxylation is 2. The van der Waals surface area contributed by atoms with E-state index >= 15 is 8.78 Å². The van der Waals surface area contributed by atoms with Crippen molar-refractivity contribution >= 4 is 22.8 Å². The van der Waals surface area contributed by atoms with E-state index in [-0.39, 0.29) is 60.6 Å². The van der Waals surface area contributed by atoms with Crippen LogP contribution in [0, 0.1) is 11.6 Å². The zero-order valence-electron chi connectivity index (χ0n) is 27.6. The number of β-amino-alcohol motifs (C(OH)–C–C–N with tert-alkyl or cyclic N) is 1. The van der Waals surface area contributed by atoms with E-state index in [9.17, 15) is 14.7 Å². The largest absolute Gasteiger partial charge is 0.466 e. The monoisotopic (exact) mass is 670 g/mol. The van der Waals surface area contributed by atoms with Crippen LogP contribution in [-0.2, 0) is 32.6 Å². The van der Waals surface area contributed by atoms with Crippen LogP contribution < -0.4 is 10.1 Å². The number of aliphatic hydroxyl groups excluding tert-OH is 1. The third kappa shape index (κ3) is 7.51. The summed E-state index contributed by atoms with van der Waals surface area (Å²) in [6.45, 7) is 4.23. The molecule has 2 atom stereocenters. The summed E-state index contributed by atoms with van der Waals surface area (Å²) >= 11 is 0. The summed E-state index contributed by atoms with van der Waals surface area (Å²) in [4.78, 5) is 35.9. The van der Waals surface area contributed by atoms with Crippen LogP contribution in [0.2, 0.25) is 0 Å². The predicted octanol–water partition coefficient (Wildman–Crippen LogP) is 7.02. The van der Waals surface area contributed by atoms with Gasteiger partial charge in [0.2, 0.25) is 5.91 Å². The third-order valence-electron chi connectivity index (χ3n) is 9.29. The Hall–Kier alpha value is -5.03. The second-order valence-electron chi connectivity index (χ2n) is 12.7. The molecule has 9 nitrogen and oxygen atoms in total. The number of aromatic nitrogens is 3. The fraction of sp³-hybridized carbons (Fsp3) is 0.342. The number of aromatic amines is 2. The number of H-pyrrole nitrogens is 2. The van der Waals surface area contributed by atoms with Gasteiger partial charge in [-0.25, -0.2) is 13.8 Å². The normalized spacial score (nSPS) is 18.8. The quantitative estimate of drug-likeness (QED) is 0.149. The van der Waals surface area contributed by atoms with Crippen molar-refractivity contribution in [2.24, 2.45) is 0 Å². The first-order valence-corrected chi connectivity index (χ1v) is 16.7. The Morgan fingerprint density at radius 3 is 2.82 bits per heavy atom. The lowest BCUT2D eigenvalue weighted by Crippen LogP contribution is -2.32. The number of nitrogens with zero attached hydrogens (tertiary/aromatic N) is 1. The third-order valence-corrected chi connectivity index (χ3v) is 9.29. The molecule has 1 aliphatic rings. The predicted molar refractivity (Wildman–Crippen MR) is 181 cm³/mol. The van der Waals surface area contributed by atoms with Crippen molar-refractivity contribution in [3.8, 4) is 22.9 Å². The lowest BCUT2D eigenvalue weighted by atomic mass is 9.75. The summed E-state index contributed by atoms with van der Waals surface area (Å²) in [5.41, 5.74) is 3.20. The van der Waals surface area contributed by atoms with Crippen molar-refractivity contribution in [1.82, 2.24) is 20.3 Å². The van der Waals surface area contributed by atoms with E-state index in [2.05, 4.69) is 27.2 Å². The maximum Gasteiger partial charge on any atom is 0.306 e. The van der Waals surface area contributed by atoms with Gasteiger partial charge in [0.25, 0.3) is 0 Å². The Morgan fingerprint density at radius 1 is 1.12 bits per heavy atom. The highest BCUT2D eigenvalue weighted by Crippen LogP contribution is 2.40. The van der Waals surface area contributed by atoms with E-state index in [0.717, 1.165) is 16.8 Å². The molecule has 0 saturated heterocycles. The number of hydrogen-bond donors (Lipinski definition) is 4. The molecule has 4 bridgehead atoms. The first-order chi connectivity index (χ1) is 23.6. The van der Waals surface area contributed by atoms with Gasteiger partial charge in [-0.3, -0.25) is 9.59 Å². The molecule has 0 spiro atoms. The zero-order valence-corrected chi connectivity index (χ0v) is 27.6. The molecule has 6 rings (SSSR count). The maximum absolute atomic E-state index is 15.5. The average Bonchev–Trinajstić information content (AvgIpc) is 3.78. The number of imidazole rings is 1. The van der Waals surface area contributed by atoms with E-state index < -0.39 is 23.2 Å². The lowest BCUT2D eigenvalue weighted by Gasteiger charge is -2.30. The molecule has 4 N–H and O–H groups in total. The maximum atomic E-state index is 15.5. The summed E-state index contributed by atoms with van der Waals surface area (Å²) in [6.07, 6.45) is 5.17. The van der Waals surface area contributed by atoms with Crippen molar-refractivity contribution in [2.45, 2.75) is 70.3 Å². The first kappa shape index (κ1) is 33.9. The van der Waals surface area contributed by atoms with E-state index in [1.54, 1.807) is 25.4 Å². The van der Waals surface area contributed by atoms with Crippen LogP contribution in [0.15, 0.2) is 67.0 Å². The highest BCUT2D eigenvalue weighted by molar-refractivity contribution is 5.86. The van der Waals surface area contributed by atoms with E-state index in [0.29, 0.717) is 48.8 Å². The number of hydrogen-bond acceptors (Lipinski definition) is 6. The van der Waals surface area contributed by atoms with E-state index in [1.165, 1.54) is 24.3 Å². The molecule has 3 heterocycles. The molecule has 256 valence electrons. The second kappa shape index (κ2) is 14.6. The van der Waals surface area contributed by atoms with Crippen LogP contribution in [0.3, 0.4) is 0 Å². The number of carbonyl (C=O) groups is 2. The van der Waals surface area contributed by atoms with Crippen LogP contribution in [0.5, 0.6) is 11.5 Å². The highest BCUT2D eigenvalue weighted by atomic mass is 19.1. The smallest absolute Gasteiger partial charge is 0.306 e. The van der Waals surface area contributed by atoms with Gasteiger partial charge in [-0.2, -0.15) is 0 Å². The molecule has 0 radical (unpaired) electrons. The van der Waals surface area contributed by atoms with Gasteiger partial charge in [0.15, 0.2) is 11.6 Å². The van der Waals surface area contributed by atoms with Crippen LogP contribution in [0.1, 0.15) is 68.3 Å². The van der Waals surface area contributed by atoms with Crippen LogP contribution >= 0.6 is 0 Å². The number of halogens is 2. The molecule has 0 saturated carbocycles. The molecule has 3 aromatic carbocycles. The Bertz CT molecular complexity index is 1970. The van der Waals surface area contributed by atoms with Gasteiger partial charge in [-0.1, -0.05) is 24.3 Å². The first-order valence-electron chi connectivity index (χ1n) is 16.7. The Kier molecular flexibility index (Phi) is 10.1. The van der Waals surface area contributed by atoms with E-state index in [1.807, 2.05) is 24.3 Å². The number of amides is 1. The molecule has 0 aliphatic carbocycles. The van der Waals surface area contributed by atoms with Gasteiger partial charge in [-0.05, 0) is 81.3 Å². The number of fused-ring (bicyclic) bond motifs is 8. The molecule has 2 unspecified atom stereocenters. The van der Waals surface area contributed by atoms with Crippen molar-refractivity contribution in [3.05, 3.63) is 101 Å². The number of carbonyl (C=O) groups excluding carboxylic acids is 2. The zero-order chi connectivity index (χ0) is 34.5. The minimum atomic E-state index is -0.788. The van der Waals surface area contributed by atoms with Gasteiger partial charge in [0, 0.05) is 65.4 Å². The van der Waals surface area contributed by atoms with Crippen molar-refractivity contribution in [3.63, 3.8) is 0 Å². The summed E-state index contributed by atoms with van der Waals surface area (Å²) < 4.78 is 42.2. The fourth-order valence-corrected chi connectivity index (χ4v) is 6.52. The minimum absolute atomic E-state index is 0.0426. The van der Waals surface area contributed by atoms with Crippen molar-refractivity contribution in [2.75, 3.05) is 13.2 Å². The van der Waals surface area contributed by atoms with Gasteiger partial charge in [0.05, 0.1) is 18.3 Å². The molecular weight excluding hydrogens is 630 g/mol. The Labute approximate surface area is 283 Å².